The van der Waals surface area contributed by atoms with Crippen molar-refractivity contribution in [3.8, 4) is 5.75 Å². The number of rotatable bonds is 3. The number of allylic oxidation sites excluding steroid dienone is 2. The number of para-hydroxylation sites is 1. The van der Waals surface area contributed by atoms with E-state index in [0.717, 1.165) is 16.0 Å². The van der Waals surface area contributed by atoms with Gasteiger partial charge >= 0.3 is 0 Å². The molecule has 0 N–H and O–H groups in total. The highest BCUT2D eigenvalue weighted by Crippen LogP contribution is 2.28. The van der Waals surface area contributed by atoms with Gasteiger partial charge in [-0.05, 0) is 45.1 Å². The van der Waals surface area contributed by atoms with Gasteiger partial charge in [-0.2, -0.15) is 0 Å². The van der Waals surface area contributed by atoms with Gasteiger partial charge in [0.25, 0.3) is 0 Å². The first kappa shape index (κ1) is 13.3. The van der Waals surface area contributed by atoms with Gasteiger partial charge in [0.2, 0.25) is 8.32 Å². The molecule has 0 aliphatic carbocycles. The Kier molecular flexibility index (Phi) is 4.16. The molecule has 0 unspecified atom stereocenters. The molecule has 1 nitrogen and oxygen atoms in total. The minimum absolute atomic E-state index is 1.05. The summed E-state index contributed by atoms with van der Waals surface area (Å²) in [6.45, 7) is 11.0. The van der Waals surface area contributed by atoms with Gasteiger partial charge in [-0.25, -0.2) is 0 Å². The summed E-state index contributed by atoms with van der Waals surface area (Å²) in [5.41, 5.74) is 2.64. The van der Waals surface area contributed by atoms with Crippen LogP contribution in [0.4, 0.5) is 0 Å². The van der Waals surface area contributed by atoms with E-state index in [4.69, 9.17) is 4.43 Å². The highest BCUT2D eigenvalue weighted by Gasteiger charge is 2.18. The summed E-state index contributed by atoms with van der Waals surface area (Å²) in [7, 11) is -0.409. The summed E-state index contributed by atoms with van der Waals surface area (Å²) in [5.74, 6) is 1.05. The van der Waals surface area contributed by atoms with Crippen molar-refractivity contribution in [2.45, 2.75) is 33.5 Å². The van der Waals surface area contributed by atoms with E-state index in [2.05, 4.69) is 57.8 Å². The van der Waals surface area contributed by atoms with E-state index >= 15 is 0 Å². The smallest absolute Gasteiger partial charge is 0.242 e. The molecule has 1 aromatic carbocycles. The van der Waals surface area contributed by atoms with Crippen LogP contribution in [0.25, 0.3) is 5.57 Å². The van der Waals surface area contributed by atoms with Gasteiger partial charge in [-0.3, -0.25) is 0 Å². The summed E-state index contributed by atoms with van der Waals surface area (Å²) in [4.78, 5) is 0. The minimum atomic E-state index is -1.52. The van der Waals surface area contributed by atoms with Crippen molar-refractivity contribution < 1.29 is 4.43 Å². The van der Waals surface area contributed by atoms with Gasteiger partial charge in [0.1, 0.15) is 5.75 Å². The maximum absolute atomic E-state index is 6.12. The summed E-state index contributed by atoms with van der Waals surface area (Å²) < 4.78 is 6.12. The lowest BCUT2D eigenvalue weighted by molar-refractivity contribution is 0.556. The quantitative estimate of drug-likeness (QED) is 0.749. The van der Waals surface area contributed by atoms with Gasteiger partial charge in [-0.15, -0.1) is 0 Å². The van der Waals surface area contributed by atoms with Crippen LogP contribution in [0.2, 0.25) is 19.6 Å². The zero-order valence-electron chi connectivity index (χ0n) is 11.2. The molecule has 1 rings (SSSR count). The van der Waals surface area contributed by atoms with Gasteiger partial charge in [0.05, 0.1) is 0 Å². The molecule has 0 fully saturated rings. The molecule has 0 saturated heterocycles. The third-order valence-electron chi connectivity index (χ3n) is 2.46. The summed E-state index contributed by atoms with van der Waals surface area (Å²) in [6.07, 6.45) is 0. The van der Waals surface area contributed by atoms with Crippen LogP contribution in [0.1, 0.15) is 19.4 Å². The van der Waals surface area contributed by atoms with Crippen LogP contribution in [-0.2, 0) is 0 Å². The first-order valence-electron chi connectivity index (χ1n) is 5.74. The Morgan fingerprint density at radius 1 is 1.12 bits per heavy atom. The Bertz CT molecular complexity index is 399. The summed E-state index contributed by atoms with van der Waals surface area (Å²) >= 11 is 0. The van der Waals surface area contributed by atoms with Crippen molar-refractivity contribution in [2.24, 2.45) is 0 Å². The number of benzene rings is 1. The van der Waals surface area contributed by atoms with Crippen molar-refractivity contribution in [2.75, 3.05) is 0 Å². The fourth-order valence-corrected chi connectivity index (χ4v) is 2.57. The van der Waals surface area contributed by atoms with E-state index in [-0.39, 0.29) is 0 Å². The molecular formula is C13H22OSi2. The Labute approximate surface area is 103 Å². The molecule has 0 aliphatic rings. The lowest BCUT2D eigenvalue weighted by atomic mass is 10.1. The van der Waals surface area contributed by atoms with Crippen LogP contribution >= 0.6 is 0 Å². The number of hydrogen-bond acceptors (Lipinski definition) is 1. The first-order valence-corrected chi connectivity index (χ1v) is 10.1. The zero-order valence-corrected chi connectivity index (χ0v) is 14.2. The molecule has 1 aromatic rings. The van der Waals surface area contributed by atoms with E-state index in [1.807, 2.05) is 0 Å². The summed E-state index contributed by atoms with van der Waals surface area (Å²) in [5, 5.41) is 1.48. The molecule has 0 bridgehead atoms. The Balaban J connectivity index is 3.16. The second-order valence-electron chi connectivity index (χ2n) is 5.34. The Morgan fingerprint density at radius 2 is 1.69 bits per heavy atom. The SMILES string of the molecule is CC([SiH3])=C(C)c1ccccc1O[Si](C)(C)C. The molecule has 16 heavy (non-hydrogen) atoms. The Morgan fingerprint density at radius 3 is 2.19 bits per heavy atom. The maximum atomic E-state index is 6.12. The molecule has 0 aliphatic heterocycles. The van der Waals surface area contributed by atoms with Gasteiger partial charge in [0, 0.05) is 15.8 Å². The van der Waals surface area contributed by atoms with Crippen LogP contribution in [0.15, 0.2) is 29.5 Å². The van der Waals surface area contributed by atoms with Gasteiger partial charge in [0.15, 0.2) is 0 Å². The van der Waals surface area contributed by atoms with Crippen LogP contribution in [0.5, 0.6) is 5.75 Å². The number of hydrogen-bond donors (Lipinski definition) is 0. The molecule has 0 spiro atoms. The molecule has 0 saturated carbocycles. The van der Waals surface area contributed by atoms with Crippen LogP contribution in [0, 0.1) is 0 Å². The minimum Gasteiger partial charge on any atom is -0.544 e. The highest BCUT2D eigenvalue weighted by molar-refractivity contribution is 6.70. The van der Waals surface area contributed by atoms with Crippen LogP contribution in [-0.4, -0.2) is 18.6 Å². The lowest BCUT2D eigenvalue weighted by Gasteiger charge is -2.22. The third-order valence-corrected chi connectivity index (χ3v) is 4.04. The maximum Gasteiger partial charge on any atom is 0.242 e. The average molecular weight is 250 g/mol. The highest BCUT2D eigenvalue weighted by atomic mass is 28.4. The molecule has 88 valence electrons. The third kappa shape index (κ3) is 3.65. The average Bonchev–Trinajstić information content (AvgIpc) is 2.15. The van der Waals surface area contributed by atoms with Crippen molar-refractivity contribution in [3.63, 3.8) is 0 Å². The topological polar surface area (TPSA) is 9.23 Å². The lowest BCUT2D eigenvalue weighted by Crippen LogP contribution is -2.29. The monoisotopic (exact) mass is 250 g/mol. The van der Waals surface area contributed by atoms with E-state index in [0.29, 0.717) is 0 Å². The van der Waals surface area contributed by atoms with Gasteiger partial charge in [-0.1, -0.05) is 23.4 Å². The standard InChI is InChI=1S/C13H22OSi2/c1-10(11(2)15)12-8-6-7-9-13(12)14-16(3,4)5/h6-9H,1-5,15H3. The van der Waals surface area contributed by atoms with Gasteiger partial charge < -0.3 is 4.43 Å². The predicted octanol–water partition coefficient (Wildman–Crippen LogP) is 3.02. The molecule has 3 heteroatoms. The van der Waals surface area contributed by atoms with E-state index in [1.54, 1.807) is 0 Å². The predicted molar refractivity (Wildman–Crippen MR) is 78.6 cm³/mol. The van der Waals surface area contributed by atoms with E-state index in [1.165, 1.54) is 16.3 Å². The molecule has 0 heterocycles. The second kappa shape index (κ2) is 5.02. The van der Waals surface area contributed by atoms with Crippen molar-refractivity contribution in [1.82, 2.24) is 0 Å². The fraction of sp³-hybridized carbons (Fsp3) is 0.385. The van der Waals surface area contributed by atoms with Crippen molar-refractivity contribution in [3.05, 3.63) is 35.0 Å². The van der Waals surface area contributed by atoms with E-state index < -0.39 is 8.32 Å². The molecular weight excluding hydrogens is 228 g/mol. The summed E-state index contributed by atoms with van der Waals surface area (Å²) in [6, 6.07) is 8.38. The largest absolute Gasteiger partial charge is 0.544 e. The Hall–Kier alpha value is -0.806. The normalized spacial score (nSPS) is 13.6. The van der Waals surface area contributed by atoms with Crippen LogP contribution in [0.3, 0.4) is 0 Å². The fourth-order valence-electron chi connectivity index (χ4n) is 1.46. The van der Waals surface area contributed by atoms with Crippen LogP contribution < -0.4 is 4.43 Å². The van der Waals surface area contributed by atoms with Crippen molar-refractivity contribution >= 4 is 24.1 Å². The second-order valence-corrected chi connectivity index (χ2v) is 11.3. The zero-order chi connectivity index (χ0) is 12.3. The molecule has 0 radical (unpaired) electrons. The first-order chi connectivity index (χ1) is 7.31. The van der Waals surface area contributed by atoms with Crippen molar-refractivity contribution in [1.29, 1.82) is 0 Å². The molecule has 0 amide bonds. The molecule has 0 aromatic heterocycles. The van der Waals surface area contributed by atoms with E-state index in [9.17, 15) is 0 Å². The molecule has 0 atom stereocenters.